The minimum absolute atomic E-state index is 0.0334. The van der Waals surface area contributed by atoms with E-state index in [1.54, 1.807) is 0 Å². The summed E-state index contributed by atoms with van der Waals surface area (Å²) in [5.41, 5.74) is 5.34. The van der Waals surface area contributed by atoms with Crippen LogP contribution in [0.5, 0.6) is 0 Å². The average molecular weight is 806 g/mol. The molecule has 0 fully saturated rings. The molecule has 0 bridgehead atoms. The van der Waals surface area contributed by atoms with Crippen molar-refractivity contribution in [1.29, 1.82) is 0 Å². The smallest absolute Gasteiger partial charge is 0.462 e. The van der Waals surface area contributed by atoms with Gasteiger partial charge in [0.1, 0.15) is 6.61 Å². The molecule has 0 aromatic carbocycles. The van der Waals surface area contributed by atoms with Crippen molar-refractivity contribution in [3.8, 4) is 0 Å². The van der Waals surface area contributed by atoms with Gasteiger partial charge in [-0.2, -0.15) is 0 Å². The molecule has 3 atom stereocenters. The summed E-state index contributed by atoms with van der Waals surface area (Å²) in [5, 5.41) is 9.75. The lowest BCUT2D eigenvalue weighted by atomic mass is 10.1. The SMILES string of the molecule is CC/C=C\C(O)C/C=C/C=C\C/C=C\C/C=C\CCCC(=O)OC[C@H](COP(=O)(O)OCCN)OC(=O)CCCCCCCCC/C=C\C/C=C\CCCCC. The van der Waals surface area contributed by atoms with Crippen molar-refractivity contribution >= 4 is 19.8 Å². The number of aliphatic hydroxyl groups excluding tert-OH is 1. The largest absolute Gasteiger partial charge is 0.472 e. The number of aliphatic hydroxyl groups is 1. The first kappa shape index (κ1) is 53.1. The monoisotopic (exact) mass is 806 g/mol. The molecular formula is C45H76NO9P. The maximum atomic E-state index is 12.6. The fourth-order valence-corrected chi connectivity index (χ4v) is 5.95. The summed E-state index contributed by atoms with van der Waals surface area (Å²) in [7, 11) is -4.41. The number of rotatable bonds is 38. The number of carbonyl (C=O) groups is 2. The highest BCUT2D eigenvalue weighted by molar-refractivity contribution is 7.47. The fourth-order valence-electron chi connectivity index (χ4n) is 5.19. The molecule has 4 N–H and O–H groups in total. The molecule has 0 radical (unpaired) electrons. The second kappa shape index (κ2) is 40.4. The van der Waals surface area contributed by atoms with Gasteiger partial charge in [-0.3, -0.25) is 18.6 Å². The second-order valence-corrected chi connectivity index (χ2v) is 15.1. The highest BCUT2D eigenvalue weighted by Gasteiger charge is 2.25. The van der Waals surface area contributed by atoms with E-state index in [1.807, 2.05) is 55.5 Å². The minimum atomic E-state index is -4.41. The Labute approximate surface area is 339 Å². The molecule has 0 aromatic heterocycles. The van der Waals surface area contributed by atoms with Crippen LogP contribution in [0.25, 0.3) is 0 Å². The zero-order valence-corrected chi connectivity index (χ0v) is 35.6. The summed E-state index contributed by atoms with van der Waals surface area (Å²) in [6.45, 7) is 3.36. The third-order valence-electron chi connectivity index (χ3n) is 8.34. The van der Waals surface area contributed by atoms with Crippen molar-refractivity contribution in [2.75, 3.05) is 26.4 Å². The van der Waals surface area contributed by atoms with Crippen LogP contribution in [0.3, 0.4) is 0 Å². The van der Waals surface area contributed by atoms with Crippen LogP contribution >= 0.6 is 7.82 Å². The zero-order valence-electron chi connectivity index (χ0n) is 34.7. The molecule has 2 unspecified atom stereocenters. The van der Waals surface area contributed by atoms with Gasteiger partial charge in [0, 0.05) is 19.4 Å². The fraction of sp³-hybridized carbons (Fsp3) is 0.644. The third kappa shape index (κ3) is 39.4. The van der Waals surface area contributed by atoms with E-state index < -0.39 is 38.6 Å². The molecule has 320 valence electrons. The van der Waals surface area contributed by atoms with Gasteiger partial charge >= 0.3 is 19.8 Å². The molecule has 10 nitrogen and oxygen atoms in total. The first-order chi connectivity index (χ1) is 27.2. The number of nitrogens with two attached hydrogens (primary N) is 1. The van der Waals surface area contributed by atoms with E-state index in [9.17, 15) is 24.2 Å². The Hall–Kier alpha value is -2.85. The molecule has 0 saturated heterocycles. The number of ether oxygens (including phenoxy) is 2. The Kier molecular flexibility index (Phi) is 38.3. The van der Waals surface area contributed by atoms with Crippen LogP contribution in [0.15, 0.2) is 85.1 Å². The molecule has 11 heteroatoms. The highest BCUT2D eigenvalue weighted by atomic mass is 31.2. The molecule has 0 aliphatic rings. The Morgan fingerprint density at radius 2 is 1.20 bits per heavy atom. The number of phosphoric acid groups is 1. The van der Waals surface area contributed by atoms with Crippen LogP contribution in [0.4, 0.5) is 0 Å². The van der Waals surface area contributed by atoms with Crippen molar-refractivity contribution in [2.24, 2.45) is 5.73 Å². The Bertz CT molecular complexity index is 1210. The van der Waals surface area contributed by atoms with Gasteiger partial charge in [-0.05, 0) is 77.0 Å². The minimum Gasteiger partial charge on any atom is -0.462 e. The molecule has 0 aliphatic heterocycles. The Morgan fingerprint density at radius 1 is 0.643 bits per heavy atom. The maximum absolute atomic E-state index is 12.6. The van der Waals surface area contributed by atoms with Crippen molar-refractivity contribution in [3.05, 3.63) is 85.1 Å². The average Bonchev–Trinajstić information content (AvgIpc) is 3.18. The number of hydrogen-bond donors (Lipinski definition) is 3. The van der Waals surface area contributed by atoms with E-state index in [-0.39, 0.29) is 32.6 Å². The number of phosphoric ester groups is 1. The van der Waals surface area contributed by atoms with Gasteiger partial charge in [0.05, 0.1) is 19.3 Å². The molecule has 0 rings (SSSR count). The molecule has 0 saturated carbocycles. The number of esters is 2. The van der Waals surface area contributed by atoms with Gasteiger partial charge in [-0.25, -0.2) is 4.57 Å². The van der Waals surface area contributed by atoms with Crippen molar-refractivity contribution in [1.82, 2.24) is 0 Å². The maximum Gasteiger partial charge on any atom is 0.472 e. The van der Waals surface area contributed by atoms with E-state index in [0.29, 0.717) is 25.7 Å². The zero-order chi connectivity index (χ0) is 41.2. The van der Waals surface area contributed by atoms with Gasteiger partial charge < -0.3 is 25.2 Å². The van der Waals surface area contributed by atoms with Gasteiger partial charge in [0.15, 0.2) is 6.10 Å². The van der Waals surface area contributed by atoms with Gasteiger partial charge in [-0.15, -0.1) is 0 Å². The third-order valence-corrected chi connectivity index (χ3v) is 9.32. The predicted molar refractivity (Wildman–Crippen MR) is 230 cm³/mol. The number of allylic oxidation sites excluding steroid dienone is 12. The van der Waals surface area contributed by atoms with E-state index in [0.717, 1.165) is 51.4 Å². The second-order valence-electron chi connectivity index (χ2n) is 13.7. The molecule has 0 amide bonds. The quantitative estimate of drug-likeness (QED) is 0.0180. The van der Waals surface area contributed by atoms with Gasteiger partial charge in [0.25, 0.3) is 0 Å². The summed E-state index contributed by atoms with van der Waals surface area (Å²) in [6, 6.07) is 0. The molecule has 0 spiro atoms. The van der Waals surface area contributed by atoms with E-state index >= 15 is 0 Å². The van der Waals surface area contributed by atoms with Crippen LogP contribution in [0.2, 0.25) is 0 Å². The summed E-state index contributed by atoms with van der Waals surface area (Å²) in [4.78, 5) is 34.8. The van der Waals surface area contributed by atoms with Gasteiger partial charge in [0.2, 0.25) is 0 Å². The number of unbranched alkanes of at least 4 members (excludes halogenated alkanes) is 11. The van der Waals surface area contributed by atoms with Crippen LogP contribution in [0.1, 0.15) is 149 Å². The highest BCUT2D eigenvalue weighted by Crippen LogP contribution is 2.43. The van der Waals surface area contributed by atoms with Crippen LogP contribution in [-0.4, -0.2) is 60.5 Å². The first-order valence-electron chi connectivity index (χ1n) is 21.2. The van der Waals surface area contributed by atoms with E-state index in [4.69, 9.17) is 24.3 Å². The Morgan fingerprint density at radius 3 is 1.84 bits per heavy atom. The normalized spacial score (nSPS) is 14.7. The van der Waals surface area contributed by atoms with E-state index in [1.165, 1.54) is 44.9 Å². The van der Waals surface area contributed by atoms with Crippen LogP contribution < -0.4 is 5.73 Å². The van der Waals surface area contributed by atoms with Crippen LogP contribution in [-0.2, 0) is 32.7 Å². The summed E-state index contributed by atoms with van der Waals surface area (Å²) >= 11 is 0. The van der Waals surface area contributed by atoms with Crippen LogP contribution in [0, 0.1) is 0 Å². The lowest BCUT2D eigenvalue weighted by Crippen LogP contribution is -2.29. The molecular weight excluding hydrogens is 729 g/mol. The lowest BCUT2D eigenvalue weighted by Gasteiger charge is -2.19. The van der Waals surface area contributed by atoms with Gasteiger partial charge in [-0.1, -0.05) is 144 Å². The first-order valence-corrected chi connectivity index (χ1v) is 22.7. The van der Waals surface area contributed by atoms with E-state index in [2.05, 4.69) is 43.4 Å². The lowest BCUT2D eigenvalue weighted by molar-refractivity contribution is -0.161. The summed E-state index contributed by atoms with van der Waals surface area (Å²) < 4.78 is 32.7. The molecule has 56 heavy (non-hydrogen) atoms. The number of carbonyl (C=O) groups excluding carboxylic acids is 2. The Balaban J connectivity index is 4.32. The summed E-state index contributed by atoms with van der Waals surface area (Å²) in [6.07, 6.45) is 46.7. The molecule has 0 aliphatic carbocycles. The molecule has 0 aromatic rings. The summed E-state index contributed by atoms with van der Waals surface area (Å²) in [5.74, 6) is -0.938. The topological polar surface area (TPSA) is 155 Å². The predicted octanol–water partition coefficient (Wildman–Crippen LogP) is 11.0. The van der Waals surface area contributed by atoms with Crippen molar-refractivity contribution < 1.29 is 42.7 Å². The van der Waals surface area contributed by atoms with Crippen molar-refractivity contribution in [3.63, 3.8) is 0 Å². The number of hydrogen-bond acceptors (Lipinski definition) is 9. The molecule has 0 heterocycles. The standard InChI is InChI=1S/C45H76NO9P/c1-3-5-7-8-9-10-11-12-13-14-15-16-21-24-27-30-33-37-45(49)55-43(41-54-56(50,51)53-39-38-46)40-52-44(48)36-32-29-26-23-20-18-17-19-22-25-28-31-35-42(47)34-6-4-2/h6,9-10,12-13,17-18,22-23,25-26,28,31,34,42-43,47H,3-5,7-8,11,14-16,19-21,24,27,29-30,32-33,35-41,46H2,1-2H3,(H,50,51)/b10-9-,13-12-,18-17-,25-22-,26-23-,31-28+,34-6-/t42?,43-/m1/s1. The van der Waals surface area contributed by atoms with Crippen molar-refractivity contribution in [2.45, 2.75) is 161 Å².